The smallest absolute Gasteiger partial charge is 0.405 e. The van der Waals surface area contributed by atoms with Crippen LogP contribution in [0.15, 0.2) is 36.9 Å². The van der Waals surface area contributed by atoms with Crippen LogP contribution in [0, 0.1) is 0 Å². The number of halogens is 5. The van der Waals surface area contributed by atoms with Gasteiger partial charge in [0.05, 0.1) is 6.04 Å². The Morgan fingerprint density at radius 3 is 2.32 bits per heavy atom. The predicted molar refractivity (Wildman–Crippen MR) is 85.0 cm³/mol. The molecule has 0 amide bonds. The van der Waals surface area contributed by atoms with Gasteiger partial charge in [-0.1, -0.05) is 24.3 Å². The maximum absolute atomic E-state index is 12.5. The number of hydrogen-bond donors (Lipinski definition) is 1. The van der Waals surface area contributed by atoms with Gasteiger partial charge in [0.1, 0.15) is 5.75 Å². The standard InChI is InChI=1S/C14H17F3N2O.2ClH/c1-2-12(19-9-7-18-8-10-19)11-5-3-4-6-13(11)20-14(15,16)17;;/h2-6,12,18H,1,7-10H2;2*1H/t12-;;/m0../s1. The van der Waals surface area contributed by atoms with Crippen molar-refractivity contribution in [3.63, 3.8) is 0 Å². The molecular weight excluding hydrogens is 340 g/mol. The van der Waals surface area contributed by atoms with Crippen molar-refractivity contribution in [3.8, 4) is 5.75 Å². The van der Waals surface area contributed by atoms with Gasteiger partial charge in [-0.05, 0) is 6.07 Å². The van der Waals surface area contributed by atoms with E-state index >= 15 is 0 Å². The van der Waals surface area contributed by atoms with Crippen LogP contribution in [-0.4, -0.2) is 37.4 Å². The van der Waals surface area contributed by atoms with Gasteiger partial charge in [0.15, 0.2) is 0 Å². The molecule has 8 heteroatoms. The second-order valence-corrected chi connectivity index (χ2v) is 4.55. The van der Waals surface area contributed by atoms with E-state index in [-0.39, 0.29) is 36.6 Å². The van der Waals surface area contributed by atoms with Gasteiger partial charge in [-0.25, -0.2) is 0 Å². The molecule has 0 spiro atoms. The lowest BCUT2D eigenvalue weighted by Crippen LogP contribution is -2.44. The summed E-state index contributed by atoms with van der Waals surface area (Å²) in [7, 11) is 0. The third kappa shape index (κ3) is 5.68. The minimum atomic E-state index is -4.69. The summed E-state index contributed by atoms with van der Waals surface area (Å²) in [6.07, 6.45) is -3.03. The molecule has 1 aliphatic heterocycles. The van der Waals surface area contributed by atoms with Crippen LogP contribution in [0.1, 0.15) is 11.6 Å². The summed E-state index contributed by atoms with van der Waals surface area (Å²) in [6.45, 7) is 6.90. The molecule has 0 aromatic heterocycles. The lowest BCUT2D eigenvalue weighted by molar-refractivity contribution is -0.275. The van der Waals surface area contributed by atoms with Crippen molar-refractivity contribution in [1.29, 1.82) is 0 Å². The summed E-state index contributed by atoms with van der Waals surface area (Å²) < 4.78 is 41.5. The summed E-state index contributed by atoms with van der Waals surface area (Å²) in [5.41, 5.74) is 0.488. The van der Waals surface area contributed by atoms with Crippen LogP contribution in [-0.2, 0) is 0 Å². The molecule has 0 radical (unpaired) electrons. The zero-order chi connectivity index (χ0) is 14.6. The van der Waals surface area contributed by atoms with E-state index in [9.17, 15) is 13.2 Å². The van der Waals surface area contributed by atoms with Gasteiger partial charge in [-0.15, -0.1) is 44.6 Å². The van der Waals surface area contributed by atoms with Gasteiger partial charge < -0.3 is 10.1 Å². The van der Waals surface area contributed by atoms with E-state index in [4.69, 9.17) is 0 Å². The fourth-order valence-electron chi connectivity index (χ4n) is 2.38. The van der Waals surface area contributed by atoms with Crippen LogP contribution in [0.25, 0.3) is 0 Å². The Hall–Kier alpha value is -0.950. The molecule has 1 N–H and O–H groups in total. The molecule has 1 aromatic carbocycles. The number of para-hydroxylation sites is 1. The SMILES string of the molecule is C=C[C@@H](c1ccccc1OC(F)(F)F)N1CCNCC1.Cl.Cl. The highest BCUT2D eigenvalue weighted by Crippen LogP contribution is 2.33. The maximum Gasteiger partial charge on any atom is 0.573 e. The molecule has 0 saturated carbocycles. The summed E-state index contributed by atoms with van der Waals surface area (Å²) in [4.78, 5) is 2.09. The number of piperazine rings is 1. The fourth-order valence-corrected chi connectivity index (χ4v) is 2.38. The summed E-state index contributed by atoms with van der Waals surface area (Å²) >= 11 is 0. The van der Waals surface area contributed by atoms with Gasteiger partial charge in [-0.3, -0.25) is 4.90 Å². The second kappa shape index (κ2) is 9.25. The first-order valence-electron chi connectivity index (χ1n) is 6.43. The third-order valence-electron chi connectivity index (χ3n) is 3.23. The molecule has 0 bridgehead atoms. The minimum Gasteiger partial charge on any atom is -0.405 e. The normalized spacial score (nSPS) is 16.9. The largest absolute Gasteiger partial charge is 0.573 e. The van der Waals surface area contributed by atoms with E-state index < -0.39 is 6.36 Å². The van der Waals surface area contributed by atoms with E-state index in [1.165, 1.54) is 12.1 Å². The lowest BCUT2D eigenvalue weighted by atomic mass is 10.0. The van der Waals surface area contributed by atoms with Gasteiger partial charge in [-0.2, -0.15) is 0 Å². The molecule has 1 atom stereocenters. The quantitative estimate of drug-likeness (QED) is 0.832. The monoisotopic (exact) mass is 358 g/mol. The zero-order valence-electron chi connectivity index (χ0n) is 11.8. The van der Waals surface area contributed by atoms with Crippen LogP contribution in [0.4, 0.5) is 13.2 Å². The van der Waals surface area contributed by atoms with Gasteiger partial charge in [0, 0.05) is 31.7 Å². The Morgan fingerprint density at radius 2 is 1.77 bits per heavy atom. The van der Waals surface area contributed by atoms with Crippen LogP contribution in [0.3, 0.4) is 0 Å². The molecule has 3 nitrogen and oxygen atoms in total. The number of ether oxygens (including phenoxy) is 1. The van der Waals surface area contributed by atoms with E-state index in [0.717, 1.165) is 26.2 Å². The average Bonchev–Trinajstić information content (AvgIpc) is 2.41. The topological polar surface area (TPSA) is 24.5 Å². The van der Waals surface area contributed by atoms with Crippen molar-refractivity contribution in [3.05, 3.63) is 42.5 Å². The molecule has 1 fully saturated rings. The van der Waals surface area contributed by atoms with E-state index in [0.29, 0.717) is 5.56 Å². The third-order valence-corrected chi connectivity index (χ3v) is 3.23. The molecule has 2 rings (SSSR count). The molecule has 1 aliphatic rings. The van der Waals surface area contributed by atoms with Crippen LogP contribution >= 0.6 is 24.8 Å². The van der Waals surface area contributed by atoms with Crippen molar-refractivity contribution >= 4 is 24.8 Å². The van der Waals surface area contributed by atoms with Gasteiger partial charge >= 0.3 is 6.36 Å². The van der Waals surface area contributed by atoms with Crippen molar-refractivity contribution in [2.75, 3.05) is 26.2 Å². The summed E-state index contributed by atoms with van der Waals surface area (Å²) in [6, 6.07) is 5.94. The zero-order valence-corrected chi connectivity index (χ0v) is 13.4. The number of nitrogens with one attached hydrogen (secondary N) is 1. The first-order chi connectivity index (χ1) is 9.51. The molecule has 0 unspecified atom stereocenters. The highest BCUT2D eigenvalue weighted by molar-refractivity contribution is 5.85. The first-order valence-corrected chi connectivity index (χ1v) is 6.43. The first kappa shape index (κ1) is 21.0. The Labute approximate surface area is 140 Å². The average molecular weight is 359 g/mol. The van der Waals surface area contributed by atoms with Crippen LogP contribution in [0.2, 0.25) is 0 Å². The molecule has 126 valence electrons. The molecule has 1 aromatic rings. The van der Waals surface area contributed by atoms with Gasteiger partial charge in [0.25, 0.3) is 0 Å². The van der Waals surface area contributed by atoms with Crippen molar-refractivity contribution < 1.29 is 17.9 Å². The summed E-state index contributed by atoms with van der Waals surface area (Å²) in [5, 5.41) is 3.21. The molecule has 22 heavy (non-hydrogen) atoms. The van der Waals surface area contributed by atoms with Crippen molar-refractivity contribution in [1.82, 2.24) is 10.2 Å². The Balaban J connectivity index is 0.00000220. The highest BCUT2D eigenvalue weighted by atomic mass is 35.5. The maximum atomic E-state index is 12.5. The number of alkyl halides is 3. The Bertz CT molecular complexity index is 466. The Morgan fingerprint density at radius 1 is 1.18 bits per heavy atom. The molecule has 0 aliphatic carbocycles. The Kier molecular flexibility index (Phi) is 8.85. The van der Waals surface area contributed by atoms with Crippen molar-refractivity contribution in [2.45, 2.75) is 12.4 Å². The highest BCUT2D eigenvalue weighted by Gasteiger charge is 2.33. The van der Waals surface area contributed by atoms with Gasteiger partial charge in [0.2, 0.25) is 0 Å². The predicted octanol–water partition coefficient (Wildman–Crippen LogP) is 3.56. The minimum absolute atomic E-state index is 0. The second-order valence-electron chi connectivity index (χ2n) is 4.55. The number of benzene rings is 1. The number of rotatable bonds is 4. The van der Waals surface area contributed by atoms with E-state index in [2.05, 4.69) is 21.5 Å². The fraction of sp³-hybridized carbons (Fsp3) is 0.429. The lowest BCUT2D eigenvalue weighted by Gasteiger charge is -2.34. The molecular formula is C14H19Cl2F3N2O. The van der Waals surface area contributed by atoms with Crippen molar-refractivity contribution in [2.24, 2.45) is 0 Å². The number of hydrogen-bond acceptors (Lipinski definition) is 3. The molecule has 1 heterocycles. The van der Waals surface area contributed by atoms with E-state index in [1.807, 2.05) is 0 Å². The van der Waals surface area contributed by atoms with Crippen LogP contribution in [0.5, 0.6) is 5.75 Å². The van der Waals surface area contributed by atoms with Crippen LogP contribution < -0.4 is 10.1 Å². The number of nitrogens with zero attached hydrogens (tertiary/aromatic N) is 1. The molecule has 1 saturated heterocycles. The van der Waals surface area contributed by atoms with E-state index in [1.54, 1.807) is 18.2 Å². The summed E-state index contributed by atoms with van der Waals surface area (Å²) in [5.74, 6) is -0.163.